The topological polar surface area (TPSA) is 95.7 Å². The van der Waals surface area contributed by atoms with Crippen LogP contribution in [0, 0.1) is 10.1 Å². The maximum Gasteiger partial charge on any atom is 0.283 e. The van der Waals surface area contributed by atoms with E-state index in [0.29, 0.717) is 6.29 Å². The third-order valence-corrected chi connectivity index (χ3v) is 2.54. The van der Waals surface area contributed by atoms with Crippen LogP contribution in [0.15, 0.2) is 12.1 Å². The van der Waals surface area contributed by atoms with Gasteiger partial charge in [-0.1, -0.05) is 0 Å². The summed E-state index contributed by atoms with van der Waals surface area (Å²) in [6.07, 6.45) is 0.0959. The summed E-state index contributed by atoms with van der Waals surface area (Å²) in [6, 6.07) is 2.36. The van der Waals surface area contributed by atoms with Crippen LogP contribution in [0.2, 0.25) is 0 Å². The Morgan fingerprint density at radius 3 is 2.55 bits per heavy atom. The number of ether oxygens (including phenoxy) is 2. The largest absolute Gasteiger partial charge is 0.493 e. The lowest BCUT2D eigenvalue weighted by molar-refractivity contribution is -0.385. The molecule has 0 saturated heterocycles. The van der Waals surface area contributed by atoms with Crippen molar-refractivity contribution < 1.29 is 24.0 Å². The number of hydrogen-bond donors (Lipinski definition) is 0. The van der Waals surface area contributed by atoms with Crippen LogP contribution in [0.1, 0.15) is 30.6 Å². The summed E-state index contributed by atoms with van der Waals surface area (Å²) >= 11 is 0. The van der Waals surface area contributed by atoms with Crippen LogP contribution < -0.4 is 9.47 Å². The predicted octanol–water partition coefficient (Wildman–Crippen LogP) is 2.16. The molecule has 0 spiro atoms. The average Bonchev–Trinajstić information content (AvgIpc) is 2.36. The highest BCUT2D eigenvalue weighted by molar-refractivity contribution is 5.83. The molecule has 1 atom stereocenters. The Morgan fingerprint density at radius 2 is 2.10 bits per heavy atom. The average molecular weight is 281 g/mol. The van der Waals surface area contributed by atoms with Crippen LogP contribution in [0.3, 0.4) is 0 Å². The summed E-state index contributed by atoms with van der Waals surface area (Å²) in [6.45, 7) is 3.09. The molecule has 1 aromatic rings. The molecular formula is C13H15NO6. The first-order valence-electron chi connectivity index (χ1n) is 5.86. The molecule has 1 unspecified atom stereocenters. The number of methoxy groups -OCH3 is 1. The lowest BCUT2D eigenvalue weighted by atomic mass is 10.1. The molecule has 20 heavy (non-hydrogen) atoms. The second-order valence-electron chi connectivity index (χ2n) is 4.27. The van der Waals surface area contributed by atoms with Crippen LogP contribution >= 0.6 is 0 Å². The van der Waals surface area contributed by atoms with Crippen molar-refractivity contribution in [1.82, 2.24) is 0 Å². The van der Waals surface area contributed by atoms with E-state index in [1.165, 1.54) is 20.1 Å². The number of carbonyl (C=O) groups is 2. The molecule has 0 aliphatic heterocycles. The maximum atomic E-state index is 11.0. The van der Waals surface area contributed by atoms with Crippen LogP contribution in [0.5, 0.6) is 11.5 Å². The Balaban J connectivity index is 3.17. The molecule has 1 aromatic carbocycles. The SMILES string of the molecule is COc1cc(C=O)c([N+](=O)[O-])cc1OC(C)CC(C)=O. The Hall–Kier alpha value is -2.44. The molecular weight excluding hydrogens is 266 g/mol. The van der Waals surface area contributed by atoms with Gasteiger partial charge in [-0.2, -0.15) is 0 Å². The zero-order valence-corrected chi connectivity index (χ0v) is 11.4. The number of benzene rings is 1. The van der Waals surface area contributed by atoms with E-state index in [9.17, 15) is 19.7 Å². The van der Waals surface area contributed by atoms with Gasteiger partial charge in [0.05, 0.1) is 23.7 Å². The van der Waals surface area contributed by atoms with E-state index in [1.807, 2.05) is 0 Å². The highest BCUT2D eigenvalue weighted by atomic mass is 16.6. The van der Waals surface area contributed by atoms with Crippen molar-refractivity contribution in [3.8, 4) is 11.5 Å². The summed E-state index contributed by atoms with van der Waals surface area (Å²) in [4.78, 5) is 32.1. The van der Waals surface area contributed by atoms with Gasteiger partial charge in [0.15, 0.2) is 17.8 Å². The molecule has 7 nitrogen and oxygen atoms in total. The third-order valence-electron chi connectivity index (χ3n) is 2.54. The molecule has 0 aliphatic rings. The maximum absolute atomic E-state index is 11.0. The Bertz CT molecular complexity index is 540. The van der Waals surface area contributed by atoms with Gasteiger partial charge >= 0.3 is 0 Å². The minimum Gasteiger partial charge on any atom is -0.493 e. The van der Waals surface area contributed by atoms with Crippen LogP contribution in [-0.2, 0) is 4.79 Å². The predicted molar refractivity (Wildman–Crippen MR) is 70.4 cm³/mol. The monoisotopic (exact) mass is 281 g/mol. The molecule has 0 aliphatic carbocycles. The summed E-state index contributed by atoms with van der Waals surface area (Å²) in [5.74, 6) is 0.266. The molecule has 0 amide bonds. The molecule has 0 saturated carbocycles. The van der Waals surface area contributed by atoms with E-state index < -0.39 is 11.0 Å². The minimum atomic E-state index is -0.675. The fraction of sp³-hybridized carbons (Fsp3) is 0.385. The fourth-order valence-corrected chi connectivity index (χ4v) is 1.73. The standard InChI is InChI=1S/C13H15NO6/c1-8(16)4-9(2)20-13-6-11(14(17)18)10(7-15)5-12(13)19-3/h5-7,9H,4H2,1-3H3. The number of aldehydes is 1. The van der Waals surface area contributed by atoms with Gasteiger partial charge in [-0.15, -0.1) is 0 Å². The Kier molecular flexibility index (Phi) is 5.19. The van der Waals surface area contributed by atoms with Crippen molar-refractivity contribution in [1.29, 1.82) is 0 Å². The number of carbonyl (C=O) groups excluding carboxylic acids is 2. The lowest BCUT2D eigenvalue weighted by Gasteiger charge is -2.16. The van der Waals surface area contributed by atoms with Gasteiger partial charge in [0, 0.05) is 12.5 Å². The third kappa shape index (κ3) is 3.78. The smallest absolute Gasteiger partial charge is 0.283 e. The van der Waals surface area contributed by atoms with Gasteiger partial charge in [0.2, 0.25) is 0 Å². The molecule has 7 heteroatoms. The number of nitro benzene ring substituents is 1. The van der Waals surface area contributed by atoms with Crippen molar-refractivity contribution in [3.63, 3.8) is 0 Å². The number of nitro groups is 1. The summed E-state index contributed by atoms with van der Waals surface area (Å²) in [5.41, 5.74) is -0.468. The summed E-state index contributed by atoms with van der Waals surface area (Å²) in [5, 5.41) is 10.9. The molecule has 0 radical (unpaired) electrons. The highest BCUT2D eigenvalue weighted by Gasteiger charge is 2.20. The van der Waals surface area contributed by atoms with E-state index in [-0.39, 0.29) is 35.0 Å². The quantitative estimate of drug-likeness (QED) is 0.431. The molecule has 1 rings (SSSR count). The van der Waals surface area contributed by atoms with E-state index in [2.05, 4.69) is 0 Å². The zero-order chi connectivity index (χ0) is 15.3. The summed E-state index contributed by atoms with van der Waals surface area (Å²) < 4.78 is 10.5. The van der Waals surface area contributed by atoms with Gasteiger partial charge in [-0.25, -0.2) is 0 Å². The Labute approximate surface area is 115 Å². The molecule has 108 valence electrons. The lowest BCUT2D eigenvalue weighted by Crippen LogP contribution is -2.16. The van der Waals surface area contributed by atoms with E-state index in [1.54, 1.807) is 6.92 Å². The summed E-state index contributed by atoms with van der Waals surface area (Å²) in [7, 11) is 1.36. The minimum absolute atomic E-state index is 0.0597. The van der Waals surface area contributed by atoms with Gasteiger partial charge in [0.1, 0.15) is 11.9 Å². The van der Waals surface area contributed by atoms with Gasteiger partial charge < -0.3 is 9.47 Å². The van der Waals surface area contributed by atoms with Crippen LogP contribution in [0.25, 0.3) is 0 Å². The number of rotatable bonds is 7. The first-order chi connectivity index (χ1) is 9.38. The van der Waals surface area contributed by atoms with Gasteiger partial charge in [-0.05, 0) is 13.8 Å². The van der Waals surface area contributed by atoms with Crippen LogP contribution in [0.4, 0.5) is 5.69 Å². The number of ketones is 1. The van der Waals surface area contributed by atoms with E-state index >= 15 is 0 Å². The Morgan fingerprint density at radius 1 is 1.45 bits per heavy atom. The zero-order valence-electron chi connectivity index (χ0n) is 11.4. The molecule has 0 fully saturated rings. The van der Waals surface area contributed by atoms with Crippen molar-refractivity contribution in [2.24, 2.45) is 0 Å². The fourth-order valence-electron chi connectivity index (χ4n) is 1.73. The van der Waals surface area contributed by atoms with Gasteiger partial charge in [0.25, 0.3) is 5.69 Å². The number of Topliss-reactive ketones (excluding diaryl/α,β-unsaturated/α-hetero) is 1. The normalized spacial score (nSPS) is 11.6. The van der Waals surface area contributed by atoms with Crippen molar-refractivity contribution in [2.45, 2.75) is 26.4 Å². The van der Waals surface area contributed by atoms with Crippen molar-refractivity contribution in [2.75, 3.05) is 7.11 Å². The molecule has 0 aromatic heterocycles. The van der Waals surface area contributed by atoms with Crippen LogP contribution in [-0.4, -0.2) is 30.2 Å². The van der Waals surface area contributed by atoms with Crippen molar-refractivity contribution in [3.05, 3.63) is 27.8 Å². The van der Waals surface area contributed by atoms with Gasteiger partial charge in [-0.3, -0.25) is 19.7 Å². The molecule has 0 N–H and O–H groups in total. The van der Waals surface area contributed by atoms with E-state index in [0.717, 1.165) is 6.07 Å². The highest BCUT2D eigenvalue weighted by Crippen LogP contribution is 2.34. The molecule has 0 heterocycles. The number of hydrogen-bond acceptors (Lipinski definition) is 6. The second kappa shape index (κ2) is 6.65. The first kappa shape index (κ1) is 15.6. The first-order valence-corrected chi connectivity index (χ1v) is 5.86. The second-order valence-corrected chi connectivity index (χ2v) is 4.27. The van der Waals surface area contributed by atoms with Crippen molar-refractivity contribution >= 4 is 17.8 Å². The van der Waals surface area contributed by atoms with E-state index in [4.69, 9.17) is 9.47 Å². The molecule has 0 bridgehead atoms. The number of nitrogens with zero attached hydrogens (tertiary/aromatic N) is 1.